The highest BCUT2D eigenvalue weighted by molar-refractivity contribution is 7.18. The third-order valence-corrected chi connectivity index (χ3v) is 7.73. The van der Waals surface area contributed by atoms with Gasteiger partial charge in [-0.3, -0.25) is 14.6 Å². The van der Waals surface area contributed by atoms with Gasteiger partial charge in [-0.2, -0.15) is 0 Å². The van der Waals surface area contributed by atoms with Gasteiger partial charge in [0.05, 0.1) is 18.4 Å². The molecule has 39 heavy (non-hydrogen) atoms. The van der Waals surface area contributed by atoms with E-state index in [9.17, 15) is 14.4 Å². The van der Waals surface area contributed by atoms with Gasteiger partial charge in [0.2, 0.25) is 5.91 Å². The first-order valence-corrected chi connectivity index (χ1v) is 14.5. The fourth-order valence-electron chi connectivity index (χ4n) is 3.99. The molecule has 0 atom stereocenters. The number of ether oxygens (including phenoxy) is 1. The fourth-order valence-corrected chi connectivity index (χ4v) is 6.21. The maximum absolute atomic E-state index is 12.8. The summed E-state index contributed by atoms with van der Waals surface area (Å²) in [4.78, 5) is 49.7. The zero-order chi connectivity index (χ0) is 28.2. The molecule has 0 spiro atoms. The molecular weight excluding hydrogens is 536 g/mol. The smallest absolute Gasteiger partial charge is 0.410 e. The second-order valence-electron chi connectivity index (χ2n) is 10.5. The number of thiazole rings is 1. The molecule has 3 aromatic rings. The van der Waals surface area contributed by atoms with Crippen LogP contribution in [-0.2, 0) is 22.5 Å². The second-order valence-corrected chi connectivity index (χ2v) is 12.5. The third-order valence-electron chi connectivity index (χ3n) is 5.74. The van der Waals surface area contributed by atoms with Crippen molar-refractivity contribution in [2.75, 3.05) is 23.7 Å². The summed E-state index contributed by atoms with van der Waals surface area (Å²) < 4.78 is 5.58. The van der Waals surface area contributed by atoms with Crippen molar-refractivity contribution in [3.63, 3.8) is 0 Å². The average molecular weight is 571 g/mol. The number of fused-ring (bicyclic) bond motifs is 1. The van der Waals surface area contributed by atoms with E-state index in [1.54, 1.807) is 34.8 Å². The van der Waals surface area contributed by atoms with Crippen LogP contribution in [-0.4, -0.2) is 57.5 Å². The molecule has 4 rings (SSSR count). The molecule has 0 aliphatic carbocycles. The molecule has 3 aromatic heterocycles. The van der Waals surface area contributed by atoms with Gasteiger partial charge in [-0.25, -0.2) is 9.78 Å². The summed E-state index contributed by atoms with van der Waals surface area (Å²) in [6.45, 7) is 11.0. The first-order valence-electron chi connectivity index (χ1n) is 12.8. The van der Waals surface area contributed by atoms with Gasteiger partial charge in [-0.15, -0.1) is 22.7 Å². The van der Waals surface area contributed by atoms with Gasteiger partial charge in [0.1, 0.15) is 21.3 Å². The van der Waals surface area contributed by atoms with Crippen molar-refractivity contribution in [1.29, 1.82) is 0 Å². The van der Waals surface area contributed by atoms with E-state index in [0.29, 0.717) is 48.2 Å². The van der Waals surface area contributed by atoms with Crippen molar-refractivity contribution in [3.05, 3.63) is 46.0 Å². The minimum atomic E-state index is -0.588. The van der Waals surface area contributed by atoms with E-state index in [4.69, 9.17) is 4.74 Å². The second kappa shape index (κ2) is 12.2. The van der Waals surface area contributed by atoms with Crippen molar-refractivity contribution in [1.82, 2.24) is 20.2 Å². The number of carbonyl (C=O) groups is 3. The summed E-state index contributed by atoms with van der Waals surface area (Å²) in [5, 5.41) is 12.2. The lowest BCUT2D eigenvalue weighted by Gasteiger charge is -2.30. The van der Waals surface area contributed by atoms with Crippen molar-refractivity contribution < 1.29 is 19.1 Å². The third kappa shape index (κ3) is 7.61. The Balaban J connectivity index is 1.59. The molecule has 0 unspecified atom stereocenters. The Hall–Kier alpha value is -3.35. The van der Waals surface area contributed by atoms with Crippen molar-refractivity contribution >= 4 is 51.3 Å². The molecule has 12 heteroatoms. The molecule has 3 N–H and O–H groups in total. The largest absolute Gasteiger partial charge is 0.444 e. The Labute approximate surface area is 236 Å². The standard InChI is InChI=1S/C27H34N6O4S2/c1-16(2)29-11-8-21(34)32-25-22(18-9-12-33(14-20(18)39-25)26(36)37-27(3,4)5)24-31-19(15-38-24)23(35)30-17-7-6-10-28-13-17/h6-7,10,13,15-16,29H,8-9,11-12,14H2,1-5H3,(H,30,35)(H,32,34). The van der Waals surface area contributed by atoms with Crippen LogP contribution in [0.4, 0.5) is 15.5 Å². The zero-order valence-corrected chi connectivity index (χ0v) is 24.4. The predicted molar refractivity (Wildman–Crippen MR) is 154 cm³/mol. The molecule has 0 saturated carbocycles. The Kier molecular flexibility index (Phi) is 8.98. The van der Waals surface area contributed by atoms with E-state index >= 15 is 0 Å². The highest BCUT2D eigenvalue weighted by Crippen LogP contribution is 2.44. The van der Waals surface area contributed by atoms with Gasteiger partial charge < -0.3 is 25.6 Å². The summed E-state index contributed by atoms with van der Waals surface area (Å²) in [5.41, 5.74) is 2.12. The van der Waals surface area contributed by atoms with Gasteiger partial charge >= 0.3 is 6.09 Å². The van der Waals surface area contributed by atoms with Crippen molar-refractivity contribution in [3.8, 4) is 10.6 Å². The van der Waals surface area contributed by atoms with Crippen LogP contribution in [0.5, 0.6) is 0 Å². The molecule has 0 radical (unpaired) electrons. The first kappa shape index (κ1) is 28.7. The van der Waals surface area contributed by atoms with Crippen LogP contribution in [0.2, 0.25) is 0 Å². The first-order chi connectivity index (χ1) is 18.5. The number of carbonyl (C=O) groups excluding carboxylic acids is 3. The number of nitrogens with one attached hydrogen (secondary N) is 3. The molecule has 1 aliphatic heterocycles. The Morgan fingerprint density at radius 1 is 1.21 bits per heavy atom. The molecule has 0 fully saturated rings. The maximum atomic E-state index is 12.8. The van der Waals surface area contributed by atoms with Crippen LogP contribution in [0.15, 0.2) is 29.9 Å². The number of pyridine rings is 1. The van der Waals surface area contributed by atoms with Crippen LogP contribution in [0.25, 0.3) is 10.6 Å². The topological polar surface area (TPSA) is 126 Å². The number of anilines is 2. The molecule has 10 nitrogen and oxygen atoms in total. The zero-order valence-electron chi connectivity index (χ0n) is 22.8. The molecule has 0 bridgehead atoms. The van der Waals surface area contributed by atoms with Crippen molar-refractivity contribution in [2.24, 2.45) is 0 Å². The van der Waals surface area contributed by atoms with E-state index in [1.807, 2.05) is 34.6 Å². The molecule has 208 valence electrons. The lowest BCUT2D eigenvalue weighted by molar-refractivity contribution is -0.116. The van der Waals surface area contributed by atoms with Crippen LogP contribution in [0.3, 0.4) is 0 Å². The number of hydrogen-bond donors (Lipinski definition) is 3. The van der Waals surface area contributed by atoms with E-state index in [2.05, 4.69) is 25.9 Å². The summed E-state index contributed by atoms with van der Waals surface area (Å²) >= 11 is 2.79. The van der Waals surface area contributed by atoms with E-state index < -0.39 is 5.60 Å². The summed E-state index contributed by atoms with van der Waals surface area (Å²) in [6.07, 6.45) is 3.74. The highest BCUT2D eigenvalue weighted by Gasteiger charge is 2.31. The fraction of sp³-hybridized carbons (Fsp3) is 0.444. The summed E-state index contributed by atoms with van der Waals surface area (Å²) in [5.74, 6) is -0.450. The number of hydrogen-bond acceptors (Lipinski definition) is 9. The van der Waals surface area contributed by atoms with Crippen LogP contribution in [0.1, 0.15) is 62.0 Å². The SMILES string of the molecule is CC(C)NCCC(=O)Nc1sc2c(c1-c1nc(C(=O)Nc3cccnc3)cs1)CCN(C(=O)OC(C)(C)C)C2. The Morgan fingerprint density at radius 3 is 2.69 bits per heavy atom. The lowest BCUT2D eigenvalue weighted by atomic mass is 10.0. The van der Waals surface area contributed by atoms with E-state index in [0.717, 1.165) is 16.0 Å². The van der Waals surface area contributed by atoms with Crippen LogP contribution in [0, 0.1) is 0 Å². The van der Waals surface area contributed by atoms with E-state index in [-0.39, 0.29) is 29.6 Å². The minimum Gasteiger partial charge on any atom is -0.444 e. The highest BCUT2D eigenvalue weighted by atomic mass is 32.1. The molecule has 0 aromatic carbocycles. The number of amides is 3. The van der Waals surface area contributed by atoms with Gasteiger partial charge in [-0.05, 0) is 44.9 Å². The van der Waals surface area contributed by atoms with Gasteiger partial charge in [0.25, 0.3) is 5.91 Å². The Morgan fingerprint density at radius 2 is 2.00 bits per heavy atom. The predicted octanol–water partition coefficient (Wildman–Crippen LogP) is 5.14. The maximum Gasteiger partial charge on any atom is 0.410 e. The number of thiophene rings is 1. The molecule has 1 aliphatic rings. The van der Waals surface area contributed by atoms with Gasteiger partial charge in [0, 0.05) is 47.6 Å². The number of aromatic nitrogens is 2. The van der Waals surface area contributed by atoms with E-state index in [1.165, 1.54) is 22.7 Å². The lowest BCUT2D eigenvalue weighted by Crippen LogP contribution is -2.39. The molecular formula is C27H34N6O4S2. The number of nitrogens with zero attached hydrogens (tertiary/aromatic N) is 3. The quantitative estimate of drug-likeness (QED) is 0.342. The molecule has 3 amide bonds. The monoisotopic (exact) mass is 570 g/mol. The number of rotatable bonds is 8. The van der Waals surface area contributed by atoms with Crippen molar-refractivity contribution in [2.45, 2.75) is 65.6 Å². The summed E-state index contributed by atoms with van der Waals surface area (Å²) in [6, 6.07) is 3.78. The van der Waals surface area contributed by atoms with Gasteiger partial charge in [0.15, 0.2) is 0 Å². The normalized spacial score (nSPS) is 13.2. The summed E-state index contributed by atoms with van der Waals surface area (Å²) in [7, 11) is 0. The Bertz CT molecular complexity index is 1330. The molecule has 0 saturated heterocycles. The average Bonchev–Trinajstić information content (AvgIpc) is 3.47. The van der Waals surface area contributed by atoms with Crippen LogP contribution < -0.4 is 16.0 Å². The van der Waals surface area contributed by atoms with Crippen LogP contribution >= 0.6 is 22.7 Å². The molecule has 4 heterocycles. The minimum absolute atomic E-state index is 0.113. The van der Waals surface area contributed by atoms with Gasteiger partial charge in [-0.1, -0.05) is 13.8 Å².